The molecular weight excluding hydrogens is 398 g/mol. The van der Waals surface area contributed by atoms with Crippen molar-refractivity contribution in [2.75, 3.05) is 21.3 Å². The van der Waals surface area contributed by atoms with E-state index < -0.39 is 0 Å². The first-order valence-corrected chi connectivity index (χ1v) is 8.65. The van der Waals surface area contributed by atoms with Crippen molar-refractivity contribution in [2.24, 2.45) is 0 Å². The Morgan fingerprint density at radius 2 is 1.73 bits per heavy atom. The molecule has 1 heterocycles. The number of hydrogen-bond acceptors (Lipinski definition) is 4. The van der Waals surface area contributed by atoms with Gasteiger partial charge < -0.3 is 19.2 Å². The van der Waals surface area contributed by atoms with E-state index >= 15 is 0 Å². The van der Waals surface area contributed by atoms with E-state index in [4.69, 9.17) is 14.2 Å². The molecule has 1 aromatic heterocycles. The molecule has 0 spiro atoms. The van der Waals surface area contributed by atoms with Crippen molar-refractivity contribution in [1.29, 1.82) is 0 Å². The summed E-state index contributed by atoms with van der Waals surface area (Å²) in [5.41, 5.74) is 2.40. The van der Waals surface area contributed by atoms with Crippen LogP contribution in [-0.2, 0) is 0 Å². The molecular formula is C20H18BrNO4. The average Bonchev–Trinajstić information content (AvgIpc) is 3.06. The Morgan fingerprint density at radius 1 is 1.04 bits per heavy atom. The number of H-pyrrole nitrogens is 1. The van der Waals surface area contributed by atoms with E-state index in [1.54, 1.807) is 18.2 Å². The Balaban J connectivity index is 1.94. The minimum absolute atomic E-state index is 0.159. The number of carbonyl (C=O) groups excluding carboxylic acids is 1. The highest BCUT2D eigenvalue weighted by Crippen LogP contribution is 2.38. The molecule has 0 saturated carbocycles. The highest BCUT2D eigenvalue weighted by atomic mass is 79.9. The number of carbonyl (C=O) groups is 1. The molecule has 3 aromatic rings. The third kappa shape index (κ3) is 3.46. The summed E-state index contributed by atoms with van der Waals surface area (Å²) >= 11 is 3.47. The highest BCUT2D eigenvalue weighted by Gasteiger charge is 2.15. The van der Waals surface area contributed by atoms with Crippen LogP contribution in [-0.4, -0.2) is 32.1 Å². The minimum atomic E-state index is -0.159. The lowest BCUT2D eigenvalue weighted by atomic mass is 10.1. The third-order valence-electron chi connectivity index (χ3n) is 4.04. The van der Waals surface area contributed by atoms with Gasteiger partial charge in [-0.2, -0.15) is 0 Å². The van der Waals surface area contributed by atoms with Gasteiger partial charge in [0, 0.05) is 27.1 Å². The number of nitrogens with one attached hydrogen (secondary N) is 1. The topological polar surface area (TPSA) is 60.6 Å². The fraction of sp³-hybridized carbons (Fsp3) is 0.150. The maximum Gasteiger partial charge on any atom is 0.203 e. The van der Waals surface area contributed by atoms with E-state index in [-0.39, 0.29) is 5.78 Å². The van der Waals surface area contributed by atoms with E-state index in [2.05, 4.69) is 20.9 Å². The molecule has 26 heavy (non-hydrogen) atoms. The summed E-state index contributed by atoms with van der Waals surface area (Å²) in [6, 6.07) is 9.24. The Bertz CT molecular complexity index is 966. The van der Waals surface area contributed by atoms with Gasteiger partial charge in [-0.05, 0) is 48.0 Å². The zero-order valence-corrected chi connectivity index (χ0v) is 16.2. The lowest BCUT2D eigenvalue weighted by Gasteiger charge is -2.13. The lowest BCUT2D eigenvalue weighted by molar-refractivity contribution is 0.104. The maximum atomic E-state index is 12.6. The second-order valence-electron chi connectivity index (χ2n) is 5.55. The molecule has 6 heteroatoms. The number of hydrogen-bond donors (Lipinski definition) is 1. The number of ether oxygens (including phenoxy) is 3. The van der Waals surface area contributed by atoms with Crippen molar-refractivity contribution in [1.82, 2.24) is 4.98 Å². The number of allylic oxidation sites excluding steroid dienone is 1. The standard InChI is InChI=1S/C20H18BrNO4/c1-24-18-8-13(9-19(25-2)20(18)26-3)17(23)7-4-12-11-22-16-6-5-14(21)10-15(12)16/h4-11,22H,1-3H3/b7-4-. The van der Waals surface area contributed by atoms with Gasteiger partial charge in [0.05, 0.1) is 21.3 Å². The van der Waals surface area contributed by atoms with Crippen LogP contribution < -0.4 is 14.2 Å². The molecule has 0 amide bonds. The summed E-state index contributed by atoms with van der Waals surface area (Å²) in [6.07, 6.45) is 5.19. The zero-order valence-electron chi connectivity index (χ0n) is 14.6. The predicted molar refractivity (Wildman–Crippen MR) is 105 cm³/mol. The van der Waals surface area contributed by atoms with Gasteiger partial charge in [-0.25, -0.2) is 0 Å². The van der Waals surface area contributed by atoms with E-state index in [0.29, 0.717) is 22.8 Å². The normalized spacial score (nSPS) is 11.1. The van der Waals surface area contributed by atoms with E-state index in [1.165, 1.54) is 27.4 Å². The molecule has 5 nitrogen and oxygen atoms in total. The van der Waals surface area contributed by atoms with Gasteiger partial charge >= 0.3 is 0 Å². The van der Waals surface area contributed by atoms with Crippen LogP contribution in [0.1, 0.15) is 15.9 Å². The largest absolute Gasteiger partial charge is 0.493 e. The van der Waals surface area contributed by atoms with Crippen LogP contribution in [0.4, 0.5) is 0 Å². The van der Waals surface area contributed by atoms with Gasteiger partial charge in [0.25, 0.3) is 0 Å². The third-order valence-corrected chi connectivity index (χ3v) is 4.53. The summed E-state index contributed by atoms with van der Waals surface area (Å²) in [4.78, 5) is 15.8. The fourth-order valence-electron chi connectivity index (χ4n) is 2.74. The minimum Gasteiger partial charge on any atom is -0.493 e. The van der Waals surface area contributed by atoms with E-state index in [9.17, 15) is 4.79 Å². The molecule has 2 aromatic carbocycles. The molecule has 0 unspecified atom stereocenters. The fourth-order valence-corrected chi connectivity index (χ4v) is 3.10. The van der Waals surface area contributed by atoms with Crippen molar-refractivity contribution in [3.05, 3.63) is 58.2 Å². The van der Waals surface area contributed by atoms with Gasteiger partial charge in [0.2, 0.25) is 5.75 Å². The second-order valence-corrected chi connectivity index (χ2v) is 6.46. The van der Waals surface area contributed by atoms with Crippen LogP contribution in [0.25, 0.3) is 17.0 Å². The Kier molecular flexibility index (Phi) is 5.32. The van der Waals surface area contributed by atoms with Gasteiger partial charge in [0.1, 0.15) is 0 Å². The average molecular weight is 416 g/mol. The summed E-state index contributed by atoms with van der Waals surface area (Å²) < 4.78 is 16.9. The second kappa shape index (κ2) is 7.66. The van der Waals surface area contributed by atoms with Crippen LogP contribution in [0.5, 0.6) is 17.2 Å². The number of halogens is 1. The Labute approximate surface area is 159 Å². The van der Waals surface area contributed by atoms with Gasteiger partial charge in [-0.1, -0.05) is 15.9 Å². The predicted octanol–water partition coefficient (Wildman–Crippen LogP) is 4.85. The molecule has 0 aliphatic rings. The molecule has 0 atom stereocenters. The van der Waals surface area contributed by atoms with Crippen LogP contribution in [0.2, 0.25) is 0 Å². The first-order valence-electron chi connectivity index (χ1n) is 7.86. The van der Waals surface area contributed by atoms with Gasteiger partial charge in [0.15, 0.2) is 17.3 Å². The maximum absolute atomic E-state index is 12.6. The molecule has 3 rings (SSSR count). The van der Waals surface area contributed by atoms with Crippen LogP contribution in [0, 0.1) is 0 Å². The summed E-state index contributed by atoms with van der Waals surface area (Å²) in [5, 5.41) is 1.04. The molecule has 0 aliphatic carbocycles. The molecule has 134 valence electrons. The van der Waals surface area contributed by atoms with E-state index in [1.807, 2.05) is 24.4 Å². The summed E-state index contributed by atoms with van der Waals surface area (Å²) in [7, 11) is 4.56. The molecule has 0 aliphatic heterocycles. The Morgan fingerprint density at radius 3 is 2.35 bits per heavy atom. The van der Waals surface area contributed by atoms with Crippen LogP contribution in [0.3, 0.4) is 0 Å². The van der Waals surface area contributed by atoms with Gasteiger partial charge in [-0.3, -0.25) is 4.79 Å². The number of rotatable bonds is 6. The molecule has 0 fully saturated rings. The van der Waals surface area contributed by atoms with Crippen molar-refractivity contribution in [3.8, 4) is 17.2 Å². The van der Waals surface area contributed by atoms with Gasteiger partial charge in [-0.15, -0.1) is 0 Å². The first kappa shape index (κ1) is 18.1. The van der Waals surface area contributed by atoms with E-state index in [0.717, 1.165) is 20.9 Å². The van der Waals surface area contributed by atoms with Crippen LogP contribution in [0.15, 0.2) is 47.1 Å². The van der Waals surface area contributed by atoms with Crippen molar-refractivity contribution >= 4 is 38.7 Å². The van der Waals surface area contributed by atoms with Crippen molar-refractivity contribution in [2.45, 2.75) is 0 Å². The molecule has 1 N–H and O–H groups in total. The van der Waals surface area contributed by atoms with Crippen molar-refractivity contribution < 1.29 is 19.0 Å². The highest BCUT2D eigenvalue weighted by molar-refractivity contribution is 9.10. The molecule has 0 radical (unpaired) electrons. The molecule has 0 bridgehead atoms. The number of aromatic amines is 1. The van der Waals surface area contributed by atoms with Crippen LogP contribution >= 0.6 is 15.9 Å². The first-order chi connectivity index (χ1) is 12.6. The summed E-state index contributed by atoms with van der Waals surface area (Å²) in [6.45, 7) is 0. The lowest BCUT2D eigenvalue weighted by Crippen LogP contribution is -2.00. The Hall–Kier alpha value is -2.73. The number of ketones is 1. The summed E-state index contributed by atoms with van der Waals surface area (Å²) in [5.74, 6) is 1.19. The molecule has 0 saturated heterocycles. The SMILES string of the molecule is COc1cc(C(=O)/C=C\c2c[nH]c3ccc(Br)cc23)cc(OC)c1OC. The zero-order chi connectivity index (χ0) is 18.7. The smallest absolute Gasteiger partial charge is 0.203 e. The number of methoxy groups -OCH3 is 3. The number of benzene rings is 2. The number of aromatic nitrogens is 1. The quantitative estimate of drug-likeness (QED) is 0.461. The monoisotopic (exact) mass is 415 g/mol. The van der Waals surface area contributed by atoms with Crippen molar-refractivity contribution in [3.63, 3.8) is 0 Å². The number of fused-ring (bicyclic) bond motifs is 1.